The number of nitrogens with zero attached hydrogens (tertiary/aromatic N) is 4. The van der Waals surface area contributed by atoms with Crippen molar-refractivity contribution in [1.29, 1.82) is 0 Å². The third-order valence-corrected chi connectivity index (χ3v) is 5.56. The Kier molecular flexibility index (Phi) is 5.50. The fourth-order valence-corrected chi connectivity index (χ4v) is 3.94. The predicted octanol–water partition coefficient (Wildman–Crippen LogP) is 1.64. The third kappa shape index (κ3) is 3.43. The number of methoxy groups -OCH3 is 1. The van der Waals surface area contributed by atoms with Crippen LogP contribution in [-0.4, -0.2) is 78.5 Å². The number of guanidine groups is 1. The van der Waals surface area contributed by atoms with Gasteiger partial charge in [-0.2, -0.15) is 0 Å². The molecule has 8 nitrogen and oxygen atoms in total. The number of imide groups is 1. The number of fused-ring (bicyclic) bond motifs is 2. The maximum absolute atomic E-state index is 13.0. The molecular formula is C22H26N5O3+. The van der Waals surface area contributed by atoms with Crippen molar-refractivity contribution in [2.75, 3.05) is 34.4 Å². The van der Waals surface area contributed by atoms with E-state index >= 15 is 0 Å². The number of amidine groups is 1. The summed E-state index contributed by atoms with van der Waals surface area (Å²) >= 11 is 0. The number of aliphatic imine (C=N–C) groups is 1. The molecule has 30 heavy (non-hydrogen) atoms. The number of carbonyl (C=O) groups excluding carboxylic acids is 2. The number of rotatable bonds is 6. The molecule has 156 valence electrons. The molecule has 2 heterocycles. The lowest BCUT2D eigenvalue weighted by Gasteiger charge is -2.31. The molecule has 2 aromatic rings. The Labute approximate surface area is 175 Å². The van der Waals surface area contributed by atoms with Crippen LogP contribution >= 0.6 is 0 Å². The Morgan fingerprint density at radius 1 is 1.10 bits per heavy atom. The highest BCUT2D eigenvalue weighted by atomic mass is 16.5. The fourth-order valence-electron chi connectivity index (χ4n) is 3.94. The van der Waals surface area contributed by atoms with Crippen molar-refractivity contribution >= 4 is 34.5 Å². The zero-order valence-corrected chi connectivity index (χ0v) is 17.5. The van der Waals surface area contributed by atoms with Crippen LogP contribution in [0.3, 0.4) is 0 Å². The van der Waals surface area contributed by atoms with Crippen LogP contribution < -0.4 is 5.32 Å². The number of urea groups is 1. The average Bonchev–Trinajstić information content (AvgIpc) is 3.12. The molecule has 1 fully saturated rings. The number of likely N-dealkylation sites (N-methyl/N-ethyl adjacent to an activating group) is 2. The first kappa shape index (κ1) is 20.0. The molecule has 0 aromatic heterocycles. The van der Waals surface area contributed by atoms with Gasteiger partial charge in [-0.15, -0.1) is 0 Å². The van der Waals surface area contributed by atoms with Crippen LogP contribution in [0.1, 0.15) is 12.0 Å². The van der Waals surface area contributed by atoms with Crippen molar-refractivity contribution in [3.63, 3.8) is 0 Å². The number of benzene rings is 2. The van der Waals surface area contributed by atoms with Gasteiger partial charge in [0.25, 0.3) is 5.91 Å². The first-order valence-corrected chi connectivity index (χ1v) is 10.00. The first-order valence-electron chi connectivity index (χ1n) is 10.00. The molecule has 3 amide bonds. The largest absolute Gasteiger partial charge is 0.390 e. The van der Waals surface area contributed by atoms with Gasteiger partial charge in [-0.25, -0.2) is 9.37 Å². The number of nitrogens with one attached hydrogen (secondary N) is 1. The van der Waals surface area contributed by atoms with Gasteiger partial charge in [0.15, 0.2) is 0 Å². The molecule has 0 spiro atoms. The van der Waals surface area contributed by atoms with Gasteiger partial charge in [0.2, 0.25) is 11.9 Å². The van der Waals surface area contributed by atoms with E-state index in [0.717, 1.165) is 27.7 Å². The van der Waals surface area contributed by atoms with Crippen molar-refractivity contribution in [3.8, 4) is 0 Å². The van der Waals surface area contributed by atoms with Gasteiger partial charge in [-0.3, -0.25) is 19.9 Å². The van der Waals surface area contributed by atoms with Crippen molar-refractivity contribution in [3.05, 3.63) is 48.0 Å². The van der Waals surface area contributed by atoms with E-state index in [9.17, 15) is 9.59 Å². The Balaban J connectivity index is 1.72. The Hall–Kier alpha value is -3.26. The number of hydrogen-bond donors (Lipinski definition) is 1. The minimum absolute atomic E-state index is 0.272. The topological polar surface area (TPSA) is 77.2 Å². The molecule has 1 saturated heterocycles. The highest BCUT2D eigenvalue weighted by Gasteiger charge is 2.51. The lowest BCUT2D eigenvalue weighted by atomic mass is 10.0. The SMILES string of the molecule is COCCCNC1=[N+](Cc2cccc3ccccc23)C2C(=O)N(C)C(=O)N(C)C2=N1. The molecule has 0 radical (unpaired) electrons. The van der Waals surface area contributed by atoms with E-state index in [1.54, 1.807) is 14.2 Å². The molecule has 1 unspecified atom stereocenters. The smallest absolute Gasteiger partial charge is 0.385 e. The quantitative estimate of drug-likeness (QED) is 0.582. The Bertz CT molecular complexity index is 1060. The van der Waals surface area contributed by atoms with Gasteiger partial charge in [0, 0.05) is 34.2 Å². The Morgan fingerprint density at radius 3 is 2.67 bits per heavy atom. The first-order chi connectivity index (χ1) is 14.5. The molecule has 8 heteroatoms. The molecule has 4 rings (SSSR count). The van der Waals surface area contributed by atoms with Crippen LogP contribution in [0.4, 0.5) is 4.79 Å². The van der Waals surface area contributed by atoms with Gasteiger partial charge in [0.05, 0.1) is 13.1 Å². The van der Waals surface area contributed by atoms with Crippen molar-refractivity contribution in [1.82, 2.24) is 15.1 Å². The maximum Gasteiger partial charge on any atom is 0.390 e. The van der Waals surface area contributed by atoms with Crippen molar-refractivity contribution in [2.24, 2.45) is 4.99 Å². The second-order valence-corrected chi connectivity index (χ2v) is 7.47. The highest BCUT2D eigenvalue weighted by Crippen LogP contribution is 2.24. The van der Waals surface area contributed by atoms with Gasteiger partial charge in [0.1, 0.15) is 0 Å². The molecule has 0 bridgehead atoms. The fraction of sp³-hybridized carbons (Fsp3) is 0.364. The summed E-state index contributed by atoms with van der Waals surface area (Å²) in [6, 6.07) is 13.3. The van der Waals surface area contributed by atoms with E-state index in [0.29, 0.717) is 31.5 Å². The molecule has 2 aliphatic rings. The number of hydrogen-bond acceptors (Lipinski definition) is 5. The zero-order valence-electron chi connectivity index (χ0n) is 17.5. The van der Waals surface area contributed by atoms with Crippen LogP contribution in [0.15, 0.2) is 47.5 Å². The summed E-state index contributed by atoms with van der Waals surface area (Å²) in [5.41, 5.74) is 1.09. The molecular weight excluding hydrogens is 382 g/mol. The molecule has 2 aliphatic heterocycles. The number of amides is 3. The lowest BCUT2D eigenvalue weighted by molar-refractivity contribution is -0.552. The second-order valence-electron chi connectivity index (χ2n) is 7.47. The summed E-state index contributed by atoms with van der Waals surface area (Å²) in [7, 11) is 4.83. The van der Waals surface area contributed by atoms with E-state index in [4.69, 9.17) is 4.74 Å². The normalized spacial score (nSPS) is 18.9. The lowest BCUT2D eigenvalue weighted by Crippen LogP contribution is -2.61. The summed E-state index contributed by atoms with van der Waals surface area (Å²) in [5, 5.41) is 5.60. The monoisotopic (exact) mass is 408 g/mol. The van der Waals surface area contributed by atoms with Crippen LogP contribution in [0.5, 0.6) is 0 Å². The minimum atomic E-state index is -0.637. The molecule has 0 aliphatic carbocycles. The summed E-state index contributed by atoms with van der Waals surface area (Å²) in [4.78, 5) is 32.7. The number of carbonyl (C=O) groups is 2. The van der Waals surface area contributed by atoms with Crippen LogP contribution in [0, 0.1) is 0 Å². The summed E-state index contributed by atoms with van der Waals surface area (Å²) < 4.78 is 7.07. The van der Waals surface area contributed by atoms with Gasteiger partial charge < -0.3 is 4.74 Å². The van der Waals surface area contributed by atoms with Crippen LogP contribution in [0.2, 0.25) is 0 Å². The maximum atomic E-state index is 13.0. The predicted molar refractivity (Wildman–Crippen MR) is 115 cm³/mol. The molecule has 2 aromatic carbocycles. The molecule has 1 atom stereocenters. The van der Waals surface area contributed by atoms with E-state index in [1.165, 1.54) is 11.9 Å². The number of ether oxygens (including phenoxy) is 1. The standard InChI is InChI=1S/C22H25N5O3/c1-25-19-18(20(28)26(2)22(25)29)27(21(24-19)23-12-7-13-30-3)14-16-10-6-9-15-8-4-5-11-17(15)16/h4-6,8-11,18H,7,12-14H2,1-3H3/p+1. The van der Waals surface area contributed by atoms with Gasteiger partial charge in [-0.05, 0) is 16.3 Å². The van der Waals surface area contributed by atoms with E-state index in [-0.39, 0.29) is 11.9 Å². The minimum Gasteiger partial charge on any atom is -0.385 e. The average molecular weight is 408 g/mol. The molecule has 1 N–H and O–H groups in total. The van der Waals surface area contributed by atoms with Crippen LogP contribution in [0.25, 0.3) is 10.8 Å². The highest BCUT2D eigenvalue weighted by molar-refractivity contribution is 6.22. The summed E-state index contributed by atoms with van der Waals surface area (Å²) in [5.74, 6) is 0.783. The van der Waals surface area contributed by atoms with Crippen molar-refractivity contribution in [2.45, 2.75) is 19.0 Å². The third-order valence-electron chi connectivity index (χ3n) is 5.56. The van der Waals surface area contributed by atoms with E-state index < -0.39 is 6.04 Å². The van der Waals surface area contributed by atoms with Gasteiger partial charge >= 0.3 is 12.0 Å². The van der Waals surface area contributed by atoms with Gasteiger partial charge in [-0.1, -0.05) is 47.5 Å². The van der Waals surface area contributed by atoms with Crippen molar-refractivity contribution < 1.29 is 18.9 Å². The summed E-state index contributed by atoms with van der Waals surface area (Å²) in [6.07, 6.45) is 0.806. The second kappa shape index (κ2) is 8.23. The Morgan fingerprint density at radius 2 is 1.87 bits per heavy atom. The zero-order chi connectivity index (χ0) is 21.3. The molecule has 0 saturated carbocycles. The van der Waals surface area contributed by atoms with Crippen LogP contribution in [-0.2, 0) is 16.1 Å². The van der Waals surface area contributed by atoms with E-state index in [2.05, 4.69) is 34.6 Å². The van der Waals surface area contributed by atoms with E-state index in [1.807, 2.05) is 22.8 Å². The summed E-state index contributed by atoms with van der Waals surface area (Å²) in [6.45, 7) is 1.78.